The topological polar surface area (TPSA) is 72.2 Å². The van der Waals surface area contributed by atoms with E-state index in [0.717, 1.165) is 12.3 Å². The summed E-state index contributed by atoms with van der Waals surface area (Å²) < 4.78 is 4.73. The van der Waals surface area contributed by atoms with Gasteiger partial charge >= 0.3 is 0 Å². The van der Waals surface area contributed by atoms with Crippen molar-refractivity contribution in [3.8, 4) is 0 Å². The van der Waals surface area contributed by atoms with E-state index in [4.69, 9.17) is 4.52 Å². The number of Topliss-reactive ketones (excluding diaryl/α,β-unsaturated/α-hetero) is 1. The number of fused-ring (bicyclic) bond motifs is 1. The first-order valence-corrected chi connectivity index (χ1v) is 5.75. The highest BCUT2D eigenvalue weighted by Gasteiger charge is 2.29. The molecule has 0 bridgehead atoms. The average Bonchev–Trinajstić information content (AvgIpc) is 2.75. The Morgan fingerprint density at radius 3 is 3.06 bits per heavy atom. The quantitative estimate of drug-likeness (QED) is 0.785. The number of thioether (sulfide) groups is 1. The van der Waals surface area contributed by atoms with Crippen LogP contribution >= 0.6 is 11.8 Å². The van der Waals surface area contributed by atoms with Crippen LogP contribution in [0, 0.1) is 0 Å². The van der Waals surface area contributed by atoms with Crippen molar-refractivity contribution in [2.24, 2.45) is 0 Å². The lowest BCUT2D eigenvalue weighted by molar-refractivity contribution is 0.0967. The molecule has 0 amide bonds. The van der Waals surface area contributed by atoms with Crippen LogP contribution in [0.2, 0.25) is 0 Å². The minimum absolute atomic E-state index is 0.0444. The van der Waals surface area contributed by atoms with Gasteiger partial charge in [-0.15, -0.1) is 11.8 Å². The molecular formula is C10H10N2O3S. The highest BCUT2D eigenvalue weighted by atomic mass is 32.2. The van der Waals surface area contributed by atoms with Crippen LogP contribution in [0.15, 0.2) is 21.7 Å². The lowest BCUT2D eigenvalue weighted by Gasteiger charge is -2.08. The van der Waals surface area contributed by atoms with Gasteiger partial charge in [0.2, 0.25) is 17.3 Å². The van der Waals surface area contributed by atoms with E-state index in [-0.39, 0.29) is 22.9 Å². The predicted octanol–water partition coefficient (Wildman–Crippen LogP) is 0.890. The summed E-state index contributed by atoms with van der Waals surface area (Å²) in [6, 6.07) is 0. The Morgan fingerprint density at radius 1 is 1.50 bits per heavy atom. The Labute approximate surface area is 96.3 Å². The van der Waals surface area contributed by atoms with Crippen molar-refractivity contribution >= 4 is 23.3 Å². The maximum Gasteiger partial charge on any atom is 0.225 e. The van der Waals surface area contributed by atoms with Gasteiger partial charge < -0.3 is 9.84 Å². The van der Waals surface area contributed by atoms with Crippen molar-refractivity contribution in [2.75, 3.05) is 19.3 Å². The smallest absolute Gasteiger partial charge is 0.225 e. The molecule has 1 N–H and O–H groups in total. The van der Waals surface area contributed by atoms with Crippen molar-refractivity contribution in [3.63, 3.8) is 0 Å². The Morgan fingerprint density at radius 2 is 2.31 bits per heavy atom. The maximum atomic E-state index is 11.9. The molecule has 16 heavy (non-hydrogen) atoms. The summed E-state index contributed by atoms with van der Waals surface area (Å²) in [5.41, 5.74) is 0.263. The second kappa shape index (κ2) is 4.63. The molecule has 1 aliphatic rings. The zero-order valence-corrected chi connectivity index (χ0v) is 9.47. The van der Waals surface area contributed by atoms with Crippen LogP contribution in [0.5, 0.6) is 0 Å². The van der Waals surface area contributed by atoms with Crippen molar-refractivity contribution in [1.82, 2.24) is 10.5 Å². The number of carbonyl (C=O) groups excluding carboxylic acids is 2. The lowest BCUT2D eigenvalue weighted by atomic mass is 10.0. The third-order valence-corrected chi connectivity index (χ3v) is 3.16. The van der Waals surface area contributed by atoms with Crippen LogP contribution in [0.3, 0.4) is 0 Å². The van der Waals surface area contributed by atoms with E-state index in [1.54, 1.807) is 0 Å². The number of allylic oxidation sites excluding steroid dienone is 2. The summed E-state index contributed by atoms with van der Waals surface area (Å²) in [4.78, 5) is 23.9. The van der Waals surface area contributed by atoms with E-state index >= 15 is 0 Å². The highest BCUT2D eigenvalue weighted by Crippen LogP contribution is 2.27. The van der Waals surface area contributed by atoms with Crippen LogP contribution in [0.4, 0.5) is 0 Å². The van der Waals surface area contributed by atoms with Crippen LogP contribution in [0.1, 0.15) is 20.9 Å². The third kappa shape index (κ3) is 1.94. The van der Waals surface area contributed by atoms with Gasteiger partial charge in [-0.3, -0.25) is 9.59 Å². The normalized spacial score (nSPS) is 14.9. The average molecular weight is 238 g/mol. The monoisotopic (exact) mass is 238 g/mol. The van der Waals surface area contributed by atoms with E-state index in [9.17, 15) is 9.59 Å². The number of nitrogens with one attached hydrogen (secondary N) is 1. The summed E-state index contributed by atoms with van der Waals surface area (Å²) in [5, 5.41) is 6.44. The Balaban J connectivity index is 2.17. The van der Waals surface area contributed by atoms with Gasteiger partial charge in [-0.1, -0.05) is 5.16 Å². The summed E-state index contributed by atoms with van der Waals surface area (Å²) in [5.74, 6) is 0.307. The standard InChI is InChI=1S/C10H10N2O3S/c1-11-2-3-16-8-4-7(13)10-6(9(8)14)5-12-15-10/h4-5,11H,2-3H2,1H3. The van der Waals surface area contributed by atoms with Gasteiger partial charge in [0.15, 0.2) is 0 Å². The molecule has 0 unspecified atom stereocenters. The molecule has 0 atom stereocenters. The first kappa shape index (κ1) is 11.1. The molecule has 84 valence electrons. The lowest BCUT2D eigenvalue weighted by Crippen LogP contribution is -2.15. The first-order chi connectivity index (χ1) is 7.74. The molecule has 0 fully saturated rings. The number of hydrogen-bond donors (Lipinski definition) is 1. The van der Waals surface area contributed by atoms with Crippen LogP contribution in [-0.2, 0) is 0 Å². The second-order valence-corrected chi connectivity index (χ2v) is 4.36. The van der Waals surface area contributed by atoms with Crippen molar-refractivity contribution in [1.29, 1.82) is 0 Å². The molecule has 1 heterocycles. The second-order valence-electron chi connectivity index (χ2n) is 3.22. The molecule has 1 aromatic rings. The van der Waals surface area contributed by atoms with Gasteiger partial charge in [-0.2, -0.15) is 0 Å². The predicted molar refractivity (Wildman–Crippen MR) is 59.6 cm³/mol. The van der Waals surface area contributed by atoms with Crippen LogP contribution in [0.25, 0.3) is 0 Å². The molecule has 0 spiro atoms. The van der Waals surface area contributed by atoms with Crippen molar-refractivity contribution < 1.29 is 14.1 Å². The van der Waals surface area contributed by atoms with E-state index < -0.39 is 0 Å². The zero-order chi connectivity index (χ0) is 11.5. The number of nitrogens with zero attached hydrogens (tertiary/aromatic N) is 1. The van der Waals surface area contributed by atoms with Gasteiger partial charge in [-0.05, 0) is 7.05 Å². The Kier molecular flexibility index (Phi) is 3.21. The summed E-state index contributed by atoms with van der Waals surface area (Å²) in [6.07, 6.45) is 2.61. The first-order valence-electron chi connectivity index (χ1n) is 4.77. The molecule has 1 aromatic heterocycles. The number of hydrogen-bond acceptors (Lipinski definition) is 6. The summed E-state index contributed by atoms with van der Waals surface area (Å²) >= 11 is 1.36. The van der Waals surface area contributed by atoms with Gasteiger partial charge in [0.05, 0.1) is 16.7 Å². The number of carbonyl (C=O) groups is 2. The van der Waals surface area contributed by atoms with E-state index in [1.165, 1.54) is 24.0 Å². The number of aromatic nitrogens is 1. The highest BCUT2D eigenvalue weighted by molar-refractivity contribution is 8.04. The zero-order valence-electron chi connectivity index (χ0n) is 8.65. The Hall–Kier alpha value is -1.40. The molecule has 0 aromatic carbocycles. The summed E-state index contributed by atoms with van der Waals surface area (Å²) in [6.45, 7) is 0.778. The minimum Gasteiger partial charge on any atom is -0.352 e. The molecular weight excluding hydrogens is 228 g/mol. The fourth-order valence-corrected chi connectivity index (χ4v) is 2.29. The molecule has 0 radical (unpaired) electrons. The minimum atomic E-state index is -0.293. The van der Waals surface area contributed by atoms with Gasteiger partial charge in [0.25, 0.3) is 0 Å². The van der Waals surface area contributed by atoms with E-state index in [2.05, 4.69) is 10.5 Å². The van der Waals surface area contributed by atoms with E-state index in [0.29, 0.717) is 4.91 Å². The number of rotatable bonds is 4. The van der Waals surface area contributed by atoms with Crippen LogP contribution in [-0.4, -0.2) is 36.1 Å². The van der Waals surface area contributed by atoms with Crippen LogP contribution < -0.4 is 5.32 Å². The molecule has 0 saturated carbocycles. The van der Waals surface area contributed by atoms with Crippen molar-refractivity contribution in [3.05, 3.63) is 28.5 Å². The molecule has 5 nitrogen and oxygen atoms in total. The largest absolute Gasteiger partial charge is 0.352 e. The maximum absolute atomic E-state index is 11.9. The molecule has 0 aliphatic heterocycles. The molecule has 0 saturated heterocycles. The molecule has 6 heteroatoms. The summed E-state index contributed by atoms with van der Waals surface area (Å²) in [7, 11) is 1.83. The SMILES string of the molecule is CNCCSC1=CC(=O)c2oncc2C1=O. The van der Waals surface area contributed by atoms with Gasteiger partial charge in [0, 0.05) is 18.4 Å². The van der Waals surface area contributed by atoms with E-state index in [1.807, 2.05) is 7.05 Å². The molecule has 1 aliphatic carbocycles. The number of ketones is 2. The van der Waals surface area contributed by atoms with Crippen molar-refractivity contribution in [2.45, 2.75) is 0 Å². The van der Waals surface area contributed by atoms with Gasteiger partial charge in [-0.25, -0.2) is 0 Å². The van der Waals surface area contributed by atoms with Gasteiger partial charge in [0.1, 0.15) is 0 Å². The Bertz CT molecular complexity index is 464. The third-order valence-electron chi connectivity index (χ3n) is 2.13. The fourth-order valence-electron chi connectivity index (χ4n) is 1.33. The fraction of sp³-hybridized carbons (Fsp3) is 0.300. The molecule has 2 rings (SSSR count).